The van der Waals surface area contributed by atoms with Crippen LogP contribution in [0.2, 0.25) is 0 Å². The summed E-state index contributed by atoms with van der Waals surface area (Å²) in [6, 6.07) is -1.97. The van der Waals surface area contributed by atoms with Crippen molar-refractivity contribution < 1.29 is 14.3 Å². The van der Waals surface area contributed by atoms with E-state index in [0.717, 1.165) is 5.75 Å². The van der Waals surface area contributed by atoms with E-state index in [1.54, 1.807) is 13.8 Å². The highest BCUT2D eigenvalue weighted by Crippen LogP contribution is 2.25. The van der Waals surface area contributed by atoms with Crippen molar-refractivity contribution in [3.8, 4) is 0 Å². The van der Waals surface area contributed by atoms with Crippen LogP contribution in [0.25, 0.3) is 0 Å². The average Bonchev–Trinajstić information content (AvgIpc) is 2.47. The van der Waals surface area contributed by atoms with Crippen LogP contribution in [0.15, 0.2) is 0 Å². The second kappa shape index (κ2) is 9.55. The number of amides is 4. The number of nitrogens with one attached hydrogen (secondary N) is 3. The fourth-order valence-corrected chi connectivity index (χ4v) is 3.17. The Hall–Kier alpha value is -1.44. The molecule has 4 amide bonds. The molecule has 0 aromatic heterocycles. The first-order valence-electron chi connectivity index (χ1n) is 7.60. The smallest absolute Gasteiger partial charge is 0.343 e. The molecule has 22 heavy (non-hydrogen) atoms. The van der Waals surface area contributed by atoms with Gasteiger partial charge in [-0.15, -0.1) is 0 Å². The third-order valence-electron chi connectivity index (χ3n) is 3.42. The van der Waals surface area contributed by atoms with Crippen LogP contribution in [0.3, 0.4) is 0 Å². The summed E-state index contributed by atoms with van der Waals surface area (Å²) in [5.41, 5.74) is 0. The van der Waals surface area contributed by atoms with E-state index in [4.69, 9.17) is 10.1 Å². The van der Waals surface area contributed by atoms with E-state index < -0.39 is 18.1 Å². The first-order valence-corrected chi connectivity index (χ1v) is 8.59. The minimum Gasteiger partial charge on any atom is -0.468 e. The predicted octanol–water partition coefficient (Wildman–Crippen LogP) is 2.93. The Bertz CT molecular complexity index is 398. The summed E-state index contributed by atoms with van der Waals surface area (Å²) in [6.45, 7) is 3.56. The topological polar surface area (TPSA) is 94.5 Å². The van der Waals surface area contributed by atoms with E-state index in [2.05, 4.69) is 10.0 Å². The van der Waals surface area contributed by atoms with Crippen molar-refractivity contribution in [1.82, 2.24) is 14.9 Å². The maximum atomic E-state index is 12.1. The van der Waals surface area contributed by atoms with Crippen molar-refractivity contribution in [1.29, 1.82) is 5.41 Å². The molecular weight excluding hydrogens is 304 g/mol. The number of amidine groups is 1. The number of imide groups is 1. The molecule has 0 saturated heterocycles. The predicted molar refractivity (Wildman–Crippen MR) is 87.8 cm³/mol. The molecule has 0 unspecified atom stereocenters. The average molecular weight is 330 g/mol. The van der Waals surface area contributed by atoms with Gasteiger partial charge in [0.15, 0.2) is 0 Å². The molecule has 1 rings (SSSR count). The normalized spacial score (nSPS) is 15.3. The molecule has 126 valence electrons. The molecule has 3 N–H and O–H groups in total. The summed E-state index contributed by atoms with van der Waals surface area (Å²) in [5, 5.41) is 10.2. The second-order valence-electron chi connectivity index (χ2n) is 5.67. The van der Waals surface area contributed by atoms with Gasteiger partial charge in [-0.05, 0) is 44.6 Å². The van der Waals surface area contributed by atoms with Gasteiger partial charge in [0.25, 0.3) is 0 Å². The van der Waals surface area contributed by atoms with Gasteiger partial charge in [-0.25, -0.2) is 9.59 Å². The van der Waals surface area contributed by atoms with Crippen LogP contribution in [0.4, 0.5) is 9.59 Å². The molecule has 0 radical (unpaired) electrons. The Morgan fingerprint density at radius 3 is 2.45 bits per heavy atom. The molecule has 0 bridgehead atoms. The molecule has 0 aromatic carbocycles. The maximum Gasteiger partial charge on any atom is 0.343 e. The first kappa shape index (κ1) is 18.6. The van der Waals surface area contributed by atoms with Gasteiger partial charge in [0.1, 0.15) is 0 Å². The summed E-state index contributed by atoms with van der Waals surface area (Å²) in [6.07, 6.45) is 6.16. The van der Waals surface area contributed by atoms with Crippen LogP contribution in [0, 0.1) is 11.3 Å². The van der Waals surface area contributed by atoms with Gasteiger partial charge in [0, 0.05) is 11.8 Å². The number of hydrogen-bond acceptors (Lipinski definition) is 5. The lowest BCUT2D eigenvalue weighted by Gasteiger charge is -2.23. The highest BCUT2D eigenvalue weighted by molar-refractivity contribution is 7.97. The molecule has 0 aromatic rings. The van der Waals surface area contributed by atoms with E-state index >= 15 is 0 Å². The quantitative estimate of drug-likeness (QED) is 0.419. The number of carbonyl (C=O) groups excluding carboxylic acids is 2. The lowest BCUT2D eigenvalue weighted by molar-refractivity contribution is 0.196. The molecule has 8 heteroatoms. The highest BCUT2D eigenvalue weighted by Gasteiger charge is 2.27. The minimum absolute atomic E-state index is 0.137. The molecule has 1 aliphatic carbocycles. The monoisotopic (exact) mass is 330 g/mol. The molecule has 0 aliphatic heterocycles. The molecule has 0 heterocycles. The van der Waals surface area contributed by atoms with Gasteiger partial charge in [-0.2, -0.15) is 4.90 Å². The van der Waals surface area contributed by atoms with E-state index in [0.29, 0.717) is 10.8 Å². The van der Waals surface area contributed by atoms with Crippen LogP contribution in [0.5, 0.6) is 0 Å². The Morgan fingerprint density at radius 2 is 1.91 bits per heavy atom. The first-order chi connectivity index (χ1) is 10.5. The number of hydrogen-bond donors (Lipinski definition) is 3. The zero-order chi connectivity index (χ0) is 16.5. The van der Waals surface area contributed by atoms with Crippen LogP contribution < -0.4 is 10.0 Å². The zero-order valence-corrected chi connectivity index (χ0v) is 14.3. The SMILES string of the molecule is COC(=N)N(C(=O)NSCC1CCCCC1)C(=O)NC(C)C. The largest absolute Gasteiger partial charge is 0.468 e. The fraction of sp³-hybridized carbons (Fsp3) is 0.786. The van der Waals surface area contributed by atoms with Gasteiger partial charge in [-0.1, -0.05) is 19.3 Å². The molecule has 0 atom stereocenters. The molecular formula is C14H26N4O3S. The van der Waals surface area contributed by atoms with Crippen molar-refractivity contribution in [3.63, 3.8) is 0 Å². The Morgan fingerprint density at radius 1 is 1.27 bits per heavy atom. The van der Waals surface area contributed by atoms with Gasteiger partial charge < -0.3 is 10.1 Å². The summed E-state index contributed by atoms with van der Waals surface area (Å²) >= 11 is 1.29. The van der Waals surface area contributed by atoms with Crippen molar-refractivity contribution in [2.75, 3.05) is 12.9 Å². The summed E-state index contributed by atoms with van der Waals surface area (Å²) in [4.78, 5) is 24.8. The van der Waals surface area contributed by atoms with Crippen LogP contribution in [0.1, 0.15) is 46.0 Å². The van der Waals surface area contributed by atoms with E-state index in [9.17, 15) is 9.59 Å². The summed E-state index contributed by atoms with van der Waals surface area (Å²) < 4.78 is 7.33. The number of ether oxygens (including phenoxy) is 1. The van der Waals surface area contributed by atoms with Crippen molar-refractivity contribution in [3.05, 3.63) is 0 Å². The van der Waals surface area contributed by atoms with Crippen molar-refractivity contribution in [2.45, 2.75) is 52.0 Å². The summed E-state index contributed by atoms with van der Waals surface area (Å²) in [5.74, 6) is 1.44. The molecule has 7 nitrogen and oxygen atoms in total. The number of nitrogens with zero attached hydrogens (tertiary/aromatic N) is 1. The minimum atomic E-state index is -0.669. The van der Waals surface area contributed by atoms with Crippen LogP contribution >= 0.6 is 11.9 Å². The molecule has 1 saturated carbocycles. The number of carbonyl (C=O) groups is 2. The molecule has 1 aliphatic rings. The number of methoxy groups -OCH3 is 1. The Balaban J connectivity index is 2.48. The Kier molecular flexibility index (Phi) is 8.08. The second-order valence-corrected chi connectivity index (χ2v) is 6.50. The van der Waals surface area contributed by atoms with Gasteiger partial charge in [-0.3, -0.25) is 10.1 Å². The summed E-state index contributed by atoms with van der Waals surface area (Å²) in [7, 11) is 1.25. The zero-order valence-electron chi connectivity index (χ0n) is 13.5. The number of urea groups is 2. The Labute approximate surface area is 136 Å². The third kappa shape index (κ3) is 6.13. The van der Waals surface area contributed by atoms with Gasteiger partial charge >= 0.3 is 18.1 Å². The molecule has 0 spiro atoms. The number of rotatable bonds is 4. The van der Waals surface area contributed by atoms with Gasteiger partial charge in [0.2, 0.25) is 0 Å². The molecule has 1 fully saturated rings. The van der Waals surface area contributed by atoms with Crippen molar-refractivity contribution in [2.24, 2.45) is 5.92 Å². The lowest BCUT2D eigenvalue weighted by atomic mass is 9.91. The third-order valence-corrected chi connectivity index (χ3v) is 4.38. The van der Waals surface area contributed by atoms with Crippen LogP contribution in [-0.4, -0.2) is 41.9 Å². The lowest BCUT2D eigenvalue weighted by Crippen LogP contribution is -2.52. The highest BCUT2D eigenvalue weighted by atomic mass is 32.2. The standard InChI is InChI=1S/C14H26N4O3S/c1-10(2)16-13(19)18(12(15)21-3)14(20)17-22-9-11-7-5-4-6-8-11/h10-11,15H,4-9H2,1-3H3,(H,16,19)(H,17,20). The van der Waals surface area contributed by atoms with E-state index in [1.807, 2.05) is 0 Å². The maximum absolute atomic E-state index is 12.1. The van der Waals surface area contributed by atoms with Gasteiger partial charge in [0.05, 0.1) is 7.11 Å². The van der Waals surface area contributed by atoms with Crippen LogP contribution in [-0.2, 0) is 4.74 Å². The fourth-order valence-electron chi connectivity index (χ4n) is 2.30. The van der Waals surface area contributed by atoms with Crippen molar-refractivity contribution >= 4 is 30.0 Å². The van der Waals surface area contributed by atoms with E-state index in [-0.39, 0.29) is 6.04 Å². The van der Waals surface area contributed by atoms with E-state index in [1.165, 1.54) is 51.2 Å².